The highest BCUT2D eigenvalue weighted by Gasteiger charge is 2.28. The number of carbonyl (C=O) groups excluding carboxylic acids is 4. The maximum absolute atomic E-state index is 8.81. The number of halogens is 2. The molecule has 16 heteroatoms. The van der Waals surface area contributed by atoms with Crippen LogP contribution in [0.4, 0.5) is 56.9 Å². The highest BCUT2D eigenvalue weighted by atomic mass is 35.5. The predicted molar refractivity (Wildman–Crippen MR) is 620 cm³/mol. The number of benzene rings is 10. The molecule has 14 nitrogen and oxygen atoms in total. The summed E-state index contributed by atoms with van der Waals surface area (Å²) in [6.07, 6.45) is 17.0. The second kappa shape index (κ2) is 65.5. The van der Waals surface area contributed by atoms with E-state index < -0.39 is 0 Å². The minimum absolute atomic E-state index is 0. The topological polar surface area (TPSA) is 183 Å². The first-order valence-corrected chi connectivity index (χ1v) is 47.6. The molecule has 2 heterocycles. The summed E-state index contributed by atoms with van der Waals surface area (Å²) in [6, 6.07) is 54.9. The molecule has 4 N–H and O–H groups in total. The molecule has 10 aromatic rings. The Kier molecular flexibility index (Phi) is 63.0. The monoisotopic (exact) mass is 1960 g/mol. The summed E-state index contributed by atoms with van der Waals surface area (Å²) in [6.45, 7) is 78.5. The number of nitrogens with zero attached hydrogens (tertiary/aromatic N) is 8. The van der Waals surface area contributed by atoms with Crippen LogP contribution in [0.2, 0.25) is 0 Å². The van der Waals surface area contributed by atoms with Gasteiger partial charge in [-0.3, -0.25) is 39.1 Å². The van der Waals surface area contributed by atoms with E-state index in [1.807, 2.05) is 26.3 Å². The van der Waals surface area contributed by atoms with Crippen LogP contribution in [-0.4, -0.2) is 63.3 Å². The lowest BCUT2D eigenvalue weighted by Gasteiger charge is -2.31. The number of anilines is 6. The van der Waals surface area contributed by atoms with Crippen molar-refractivity contribution in [2.45, 2.75) is 346 Å². The van der Waals surface area contributed by atoms with Crippen LogP contribution in [0.15, 0.2) is 196 Å². The molecule has 774 valence electrons. The van der Waals surface area contributed by atoms with Gasteiger partial charge in [-0.15, -0.1) is 0 Å². The standard InChI is InChI=1S/C27H38N2.C26H36N2.C21H26N2.C20H24N2.C12H19N.C9H13N.2C2H2O2.6CH4.2ClH/c1-18(2)22-11-9-12-23(19(3)4)26(22)28-15-16-29(17-28)27-24(20(5)6)13-10-14-25(27)21(7)8;1-17(2)21-11-9-12-22(18(3)4)25(21)27-15-16-28-26-23(19(5)6)13-10-14-24(26)20(7)8;1-14-9-16(3)20(17(4)10-14)22-7-8-23(13-22)21-18(5)11-15(2)12-19(21)6;1-13-9-15(3)19(16(4)10-13)21-7-8-22-20-17(5)11-14(2)12-18(20)6;1-8(2)10-6-5-7-11(9(3)4)12(10)13;1-6-4-7(2)9(10)8(3)5-6;2*3-1-2-4;;;;;;;;/h9-16,18-21H,17H2,1-8H3;9-20H,1-8H3;7-12H,13H2,1-6H3;7-12H,1-6H3;5-9H,13H2,1-4H3;4-5H,10H2,1-3H3;2*1-2H;6*1H4;2*1H/p-2. The third kappa shape index (κ3) is 39.3. The SMILES string of the molecule is C.C.C.C.C.C.CC(C)c1cccc(C(C)C)c1N.CC(C)c1cccc(C(C)C)c1N1C=CN(c2c(C(C)C)cccc2C(C)C)C1.CC(C)c1cccc(C(C)C)c1N=CC=Nc1c(C(C)C)cccc1C(C)C.Cc1cc(C)c(N)c(C)c1.Cc1cc(C)c(N2C=CN(c3c(C)cc(C)cc3C)C2)c(C)c1.Cc1cc(C)c(N=CC=Nc2c(C)cc(C)cc2C)c(C)c1.O=CC=O.O=CC=O.[Cl-].[Cl-]. The van der Waals surface area contributed by atoms with Crippen molar-refractivity contribution in [3.63, 3.8) is 0 Å². The molecule has 10 aromatic carbocycles. The first-order chi connectivity index (χ1) is 62.7. The van der Waals surface area contributed by atoms with Gasteiger partial charge in [0.05, 0.1) is 36.1 Å². The summed E-state index contributed by atoms with van der Waals surface area (Å²) in [5, 5.41) is 0. The molecule has 0 saturated carbocycles. The van der Waals surface area contributed by atoms with Crippen molar-refractivity contribution in [2.75, 3.05) is 44.4 Å². The Labute approximate surface area is 871 Å². The molecular formula is C125H184Cl2N10O4-2. The maximum atomic E-state index is 8.81. The molecule has 0 spiro atoms. The van der Waals surface area contributed by atoms with Gasteiger partial charge < -0.3 is 55.9 Å². The predicted octanol–water partition coefficient (Wildman–Crippen LogP) is 29.5. The molecule has 2 aliphatic heterocycles. The van der Waals surface area contributed by atoms with Crippen molar-refractivity contribution >= 4 is 107 Å². The molecule has 0 radical (unpaired) electrons. The van der Waals surface area contributed by atoms with Gasteiger partial charge in [-0.25, -0.2) is 0 Å². The molecule has 0 bridgehead atoms. The highest BCUT2D eigenvalue weighted by Crippen LogP contribution is 2.44. The molecule has 0 fully saturated rings. The fraction of sp³-hybridized carbons (Fsp3) is 0.424. The summed E-state index contributed by atoms with van der Waals surface area (Å²) in [5.74, 6) is 4.79. The fourth-order valence-corrected chi connectivity index (χ4v) is 17.7. The normalized spacial score (nSPS) is 11.6. The average molecular weight is 1960 g/mol. The summed E-state index contributed by atoms with van der Waals surface area (Å²) in [4.78, 5) is 63.6. The molecule has 0 saturated heterocycles. The molecule has 141 heavy (non-hydrogen) atoms. The number of hydrogen-bond acceptors (Lipinski definition) is 14. The number of aryl methyl sites for hydroxylation is 15. The Balaban J connectivity index is -0.000000795. The zero-order chi connectivity index (χ0) is 99.7. The van der Waals surface area contributed by atoms with E-state index in [9.17, 15) is 0 Å². The van der Waals surface area contributed by atoms with Crippen molar-refractivity contribution < 1.29 is 44.0 Å². The summed E-state index contributed by atoms with van der Waals surface area (Å²) < 4.78 is 0. The first kappa shape index (κ1) is 136. The van der Waals surface area contributed by atoms with Crippen LogP contribution in [0.3, 0.4) is 0 Å². The van der Waals surface area contributed by atoms with E-state index in [0.717, 1.165) is 47.5 Å². The van der Waals surface area contributed by atoms with Crippen LogP contribution in [0.1, 0.15) is 381 Å². The van der Waals surface area contributed by atoms with E-state index in [1.54, 1.807) is 12.4 Å². The van der Waals surface area contributed by atoms with E-state index in [4.69, 9.17) is 40.6 Å². The van der Waals surface area contributed by atoms with E-state index in [-0.39, 0.29) is 94.5 Å². The molecule has 0 amide bonds. The van der Waals surface area contributed by atoms with Crippen molar-refractivity contribution in [3.8, 4) is 0 Å². The zero-order valence-electron chi connectivity index (χ0n) is 88.2. The minimum atomic E-state index is 0. The van der Waals surface area contributed by atoms with E-state index in [0.29, 0.717) is 59.2 Å². The van der Waals surface area contributed by atoms with Crippen LogP contribution >= 0.6 is 0 Å². The van der Waals surface area contributed by atoms with Gasteiger partial charge in [0.2, 0.25) is 0 Å². The Morgan fingerprint density at radius 1 is 0.227 bits per heavy atom. The quantitative estimate of drug-likeness (QED) is 0.0287. The van der Waals surface area contributed by atoms with Crippen LogP contribution in [0.5, 0.6) is 0 Å². The van der Waals surface area contributed by atoms with Crippen LogP contribution in [0.25, 0.3) is 0 Å². The largest absolute Gasteiger partial charge is 1.00 e. The molecule has 12 rings (SSSR count). The Morgan fingerprint density at radius 2 is 0.390 bits per heavy atom. The number of carbonyl (C=O) groups is 4. The zero-order valence-corrected chi connectivity index (χ0v) is 89.7. The highest BCUT2D eigenvalue weighted by molar-refractivity contribution is 6.18. The second-order valence-electron chi connectivity index (χ2n) is 38.8. The van der Waals surface area contributed by atoms with Gasteiger partial charge >= 0.3 is 0 Å². The number of nitrogen functional groups attached to an aromatic ring is 2. The van der Waals surface area contributed by atoms with Crippen LogP contribution in [0, 0.1) is 104 Å². The Bertz CT molecular complexity index is 5190. The van der Waals surface area contributed by atoms with Crippen molar-refractivity contribution in [1.29, 1.82) is 0 Å². The van der Waals surface area contributed by atoms with Crippen molar-refractivity contribution in [3.05, 3.63) is 316 Å². The number of hydrogen-bond donors (Lipinski definition) is 2. The Morgan fingerprint density at radius 3 is 0.582 bits per heavy atom. The van der Waals surface area contributed by atoms with Gasteiger partial charge in [0.15, 0.2) is 25.1 Å². The van der Waals surface area contributed by atoms with E-state index in [2.05, 4.69) is 435 Å². The number of para-hydroxylation sites is 5. The van der Waals surface area contributed by atoms with E-state index in [1.165, 1.54) is 162 Å². The van der Waals surface area contributed by atoms with Crippen LogP contribution in [-0.2, 0) is 19.2 Å². The number of aldehydes is 4. The lowest BCUT2D eigenvalue weighted by Crippen LogP contribution is -3.00. The van der Waals surface area contributed by atoms with Gasteiger partial charge in [-0.2, -0.15) is 0 Å². The first-order valence-electron chi connectivity index (χ1n) is 47.6. The fourth-order valence-electron chi connectivity index (χ4n) is 17.7. The summed E-state index contributed by atoms with van der Waals surface area (Å²) in [7, 11) is 0. The van der Waals surface area contributed by atoms with Gasteiger partial charge in [-0.1, -0.05) is 363 Å². The molecule has 0 atom stereocenters. The minimum Gasteiger partial charge on any atom is -1.00 e. The average Bonchev–Trinajstić information content (AvgIpc) is 1.66. The molecule has 0 aliphatic carbocycles. The van der Waals surface area contributed by atoms with Gasteiger partial charge in [0, 0.05) is 83.8 Å². The number of aliphatic imine (C=N–C) groups is 4. The van der Waals surface area contributed by atoms with E-state index >= 15 is 0 Å². The van der Waals surface area contributed by atoms with Crippen molar-refractivity contribution in [2.24, 2.45) is 20.0 Å². The summed E-state index contributed by atoms with van der Waals surface area (Å²) in [5.41, 5.74) is 55.9. The second-order valence-corrected chi connectivity index (χ2v) is 38.8. The lowest BCUT2D eigenvalue weighted by molar-refractivity contribution is -0.122. The molecule has 2 aliphatic rings. The number of rotatable bonds is 22. The number of nitrogens with two attached hydrogens (primary N) is 2. The van der Waals surface area contributed by atoms with Gasteiger partial charge in [-0.05, 0) is 274 Å². The van der Waals surface area contributed by atoms with Gasteiger partial charge in [0.25, 0.3) is 0 Å². The lowest BCUT2D eigenvalue weighted by atomic mass is 9.91. The maximum Gasteiger partial charge on any atom is 0.182 e. The Hall–Kier alpha value is -11.6. The smallest absolute Gasteiger partial charge is 0.182 e. The third-order valence-electron chi connectivity index (χ3n) is 23.7. The van der Waals surface area contributed by atoms with Crippen molar-refractivity contribution in [1.82, 2.24) is 0 Å². The van der Waals surface area contributed by atoms with Gasteiger partial charge in [0.1, 0.15) is 0 Å². The molecular weight excluding hydrogens is 1780 g/mol. The van der Waals surface area contributed by atoms with Crippen LogP contribution < -0.4 is 55.9 Å². The summed E-state index contributed by atoms with van der Waals surface area (Å²) >= 11 is 0. The molecule has 0 unspecified atom stereocenters. The molecule has 0 aromatic heterocycles. The third-order valence-corrected chi connectivity index (χ3v) is 23.7.